The molecule has 1 atom stereocenters. The summed E-state index contributed by atoms with van der Waals surface area (Å²) in [4.78, 5) is 13.9. The van der Waals surface area contributed by atoms with Crippen LogP contribution in [-0.2, 0) is 26.8 Å². The van der Waals surface area contributed by atoms with Gasteiger partial charge in [0.25, 0.3) is 5.88 Å². The first-order valence-corrected chi connectivity index (χ1v) is 10.2. The van der Waals surface area contributed by atoms with Gasteiger partial charge in [-0.15, -0.1) is 5.10 Å². The van der Waals surface area contributed by atoms with Crippen molar-refractivity contribution in [3.8, 4) is 5.88 Å². The Hall–Kier alpha value is -1.98. The van der Waals surface area contributed by atoms with Crippen molar-refractivity contribution in [3.63, 3.8) is 0 Å². The molecule has 1 aromatic heterocycles. The fraction of sp³-hybridized carbons (Fsp3) is 0.750. The molecule has 3 heterocycles. The monoisotopic (exact) mass is 425 g/mol. The molecule has 1 unspecified atom stereocenters. The van der Waals surface area contributed by atoms with Gasteiger partial charge in [-0.25, -0.2) is 4.79 Å². The maximum absolute atomic E-state index is 12.6. The lowest BCUT2D eigenvalue weighted by atomic mass is 9.77. The van der Waals surface area contributed by atoms with Crippen LogP contribution in [0.25, 0.3) is 0 Å². The molecule has 12 heteroatoms. The average Bonchev–Trinajstić information content (AvgIpc) is 3.10. The first-order chi connectivity index (χ1) is 12.7. The van der Waals surface area contributed by atoms with Crippen molar-refractivity contribution in [1.82, 2.24) is 14.7 Å². The molecular weight excluding hydrogens is 403 g/mol. The lowest BCUT2D eigenvalue weighted by Gasteiger charge is -2.34. The molecule has 0 N–H and O–H groups in total. The van der Waals surface area contributed by atoms with E-state index in [1.165, 1.54) is 10.7 Å². The molecule has 0 aliphatic carbocycles. The van der Waals surface area contributed by atoms with Crippen molar-refractivity contribution < 1.29 is 35.3 Å². The van der Waals surface area contributed by atoms with Crippen LogP contribution in [0.5, 0.6) is 5.88 Å². The number of hydrogen-bond acceptors (Lipinski definition) is 6. The van der Waals surface area contributed by atoms with Crippen molar-refractivity contribution in [3.05, 3.63) is 11.8 Å². The van der Waals surface area contributed by atoms with Gasteiger partial charge >= 0.3 is 21.7 Å². The van der Waals surface area contributed by atoms with Crippen molar-refractivity contribution >= 4 is 16.2 Å². The minimum atomic E-state index is -5.79. The van der Waals surface area contributed by atoms with Gasteiger partial charge in [-0.3, -0.25) is 4.68 Å². The van der Waals surface area contributed by atoms with E-state index in [-0.39, 0.29) is 0 Å². The van der Waals surface area contributed by atoms with E-state index >= 15 is 0 Å². The number of fused-ring (bicyclic) bond motifs is 2. The van der Waals surface area contributed by atoms with Gasteiger partial charge in [-0.05, 0) is 40.0 Å². The summed E-state index contributed by atoms with van der Waals surface area (Å²) in [5.41, 5.74) is -6.13. The van der Waals surface area contributed by atoms with Crippen molar-refractivity contribution in [2.24, 2.45) is 0 Å². The van der Waals surface area contributed by atoms with Gasteiger partial charge in [0.1, 0.15) is 5.60 Å². The summed E-state index contributed by atoms with van der Waals surface area (Å²) in [6, 6.07) is 1.22. The second kappa shape index (κ2) is 6.53. The number of likely N-dealkylation sites (tertiary alicyclic amines) is 1. The third-order valence-corrected chi connectivity index (χ3v) is 5.77. The van der Waals surface area contributed by atoms with Crippen molar-refractivity contribution in [1.29, 1.82) is 0 Å². The summed E-state index contributed by atoms with van der Waals surface area (Å²) >= 11 is 0. The third kappa shape index (κ3) is 3.91. The fourth-order valence-electron chi connectivity index (χ4n) is 3.65. The topological polar surface area (TPSA) is 90.7 Å². The quantitative estimate of drug-likeness (QED) is 0.535. The van der Waals surface area contributed by atoms with Crippen LogP contribution in [0, 0.1) is 0 Å². The Morgan fingerprint density at radius 2 is 1.89 bits per heavy atom. The van der Waals surface area contributed by atoms with Crippen LogP contribution in [0.2, 0.25) is 0 Å². The molecule has 1 aromatic rings. The Morgan fingerprint density at radius 1 is 1.21 bits per heavy atom. The maximum atomic E-state index is 12.6. The number of rotatable bonds is 2. The Bertz CT molecular complexity index is 875. The predicted octanol–water partition coefficient (Wildman–Crippen LogP) is 2.78. The Kier molecular flexibility index (Phi) is 4.84. The van der Waals surface area contributed by atoms with Crippen LogP contribution in [0.3, 0.4) is 0 Å². The number of amides is 1. The Balaban J connectivity index is 1.83. The fourth-order valence-corrected chi connectivity index (χ4v) is 4.05. The van der Waals surface area contributed by atoms with Gasteiger partial charge in [0.05, 0.1) is 5.69 Å². The van der Waals surface area contributed by atoms with Crippen LogP contribution in [-0.4, -0.2) is 53.4 Å². The summed E-state index contributed by atoms with van der Waals surface area (Å²) in [6.07, 6.45) is 1.51. The van der Waals surface area contributed by atoms with E-state index in [0.717, 1.165) is 0 Å². The van der Waals surface area contributed by atoms with E-state index < -0.39 is 38.6 Å². The molecule has 2 aliphatic rings. The third-order valence-electron chi connectivity index (χ3n) is 4.81. The summed E-state index contributed by atoms with van der Waals surface area (Å²) in [5.74, 6) is -0.621. The lowest BCUT2D eigenvalue weighted by molar-refractivity contribution is -0.0501. The van der Waals surface area contributed by atoms with Gasteiger partial charge in [0.2, 0.25) is 0 Å². The standard InChI is InChI=1S/C16H22F3N3O5S/c1-14(2,3)26-13(23)21-8-6-15(10-21)5-4-7-22-11(15)9-12(20-22)27-28(24,25)16(17,18)19/h9H,4-8,10H2,1-3H3. The molecule has 8 nitrogen and oxygen atoms in total. The van der Waals surface area contributed by atoms with E-state index in [2.05, 4.69) is 9.28 Å². The molecule has 2 aliphatic heterocycles. The number of carbonyl (C=O) groups is 1. The summed E-state index contributed by atoms with van der Waals surface area (Å²) in [6.45, 7) is 6.46. The molecular formula is C16H22F3N3O5S. The van der Waals surface area contributed by atoms with E-state index in [1.54, 1.807) is 25.7 Å². The Morgan fingerprint density at radius 3 is 2.50 bits per heavy atom. The number of aryl methyl sites for hydroxylation is 1. The zero-order chi connectivity index (χ0) is 21.0. The summed E-state index contributed by atoms with van der Waals surface area (Å²) in [5, 5.41) is 3.88. The van der Waals surface area contributed by atoms with Gasteiger partial charge in [0, 0.05) is 31.1 Å². The summed E-state index contributed by atoms with van der Waals surface area (Å²) < 4.78 is 71.2. The number of aromatic nitrogens is 2. The number of carbonyl (C=O) groups excluding carboxylic acids is 1. The highest BCUT2D eigenvalue weighted by Crippen LogP contribution is 2.43. The van der Waals surface area contributed by atoms with E-state index in [9.17, 15) is 26.4 Å². The van der Waals surface area contributed by atoms with Gasteiger partial charge < -0.3 is 13.8 Å². The SMILES string of the molecule is CC(C)(C)OC(=O)N1CCC2(CCCn3nc(OS(=O)(=O)C(F)(F)F)cc32)C1. The second-order valence-electron chi connectivity index (χ2n) is 8.11. The van der Waals surface area contributed by atoms with Crippen molar-refractivity contribution in [2.75, 3.05) is 13.1 Å². The molecule has 0 radical (unpaired) electrons. The smallest absolute Gasteiger partial charge is 0.444 e. The number of alkyl halides is 3. The molecule has 3 rings (SSSR count). The van der Waals surface area contributed by atoms with Crippen LogP contribution >= 0.6 is 0 Å². The molecule has 158 valence electrons. The zero-order valence-electron chi connectivity index (χ0n) is 15.7. The van der Waals surface area contributed by atoms with Crippen LogP contribution in [0.1, 0.15) is 45.7 Å². The molecule has 0 aromatic carbocycles. The maximum Gasteiger partial charge on any atom is 0.534 e. The van der Waals surface area contributed by atoms with Crippen LogP contribution in [0.15, 0.2) is 6.07 Å². The van der Waals surface area contributed by atoms with E-state index in [1.807, 2.05) is 0 Å². The predicted molar refractivity (Wildman–Crippen MR) is 91.2 cm³/mol. The van der Waals surface area contributed by atoms with Crippen LogP contribution in [0.4, 0.5) is 18.0 Å². The number of ether oxygens (including phenoxy) is 1. The number of hydrogen-bond donors (Lipinski definition) is 0. The van der Waals surface area contributed by atoms with E-state index in [0.29, 0.717) is 44.6 Å². The first kappa shape index (κ1) is 20.7. The van der Waals surface area contributed by atoms with Gasteiger partial charge in [-0.1, -0.05) is 0 Å². The molecule has 28 heavy (non-hydrogen) atoms. The number of halogens is 3. The van der Waals surface area contributed by atoms with Crippen molar-refractivity contribution in [2.45, 2.75) is 63.1 Å². The Labute approximate surface area is 160 Å². The highest BCUT2D eigenvalue weighted by molar-refractivity contribution is 7.87. The minimum absolute atomic E-state index is 0.319. The molecule has 0 bridgehead atoms. The van der Waals surface area contributed by atoms with E-state index in [4.69, 9.17) is 4.74 Å². The van der Waals surface area contributed by atoms with Crippen LogP contribution < -0.4 is 4.18 Å². The number of nitrogens with zero attached hydrogens (tertiary/aromatic N) is 3. The molecule has 1 fully saturated rings. The molecule has 0 saturated carbocycles. The molecule has 1 amide bonds. The lowest BCUT2D eigenvalue weighted by Crippen LogP contribution is -2.40. The normalized spacial score (nSPS) is 23.0. The second-order valence-corrected chi connectivity index (χ2v) is 9.65. The summed E-state index contributed by atoms with van der Waals surface area (Å²) in [7, 11) is -5.79. The first-order valence-electron chi connectivity index (χ1n) is 8.80. The minimum Gasteiger partial charge on any atom is -0.444 e. The largest absolute Gasteiger partial charge is 0.534 e. The van der Waals surface area contributed by atoms with Gasteiger partial charge in [0.15, 0.2) is 0 Å². The molecule has 1 spiro atoms. The zero-order valence-corrected chi connectivity index (χ0v) is 16.6. The highest BCUT2D eigenvalue weighted by atomic mass is 32.2. The average molecular weight is 425 g/mol. The van der Waals surface area contributed by atoms with Gasteiger partial charge in [-0.2, -0.15) is 21.6 Å². The molecule has 1 saturated heterocycles. The highest BCUT2D eigenvalue weighted by Gasteiger charge is 2.50.